The van der Waals surface area contributed by atoms with Crippen LogP contribution in [0.1, 0.15) is 50.2 Å². The molecule has 154 valence electrons. The zero-order valence-electron chi connectivity index (χ0n) is 16.9. The van der Waals surface area contributed by atoms with Crippen LogP contribution in [0, 0.1) is 0 Å². The standard InChI is InChI=1S/C24H29BrN2O2/c1-18(24(29)26-22-13-6-3-7-14-22)27(17-20-11-8-12-21(25)15-20)23(28)16-19-9-4-2-5-10-19/h2,4-5,8-12,15,18,22H,3,6-7,13-14,16-17H2,1H3,(H,26,29)/t18-/m1/s1. The van der Waals surface area contributed by atoms with Gasteiger partial charge < -0.3 is 10.2 Å². The lowest BCUT2D eigenvalue weighted by molar-refractivity contribution is -0.140. The highest BCUT2D eigenvalue weighted by molar-refractivity contribution is 9.10. The first-order chi connectivity index (χ1) is 14.0. The molecular weight excluding hydrogens is 428 g/mol. The molecule has 2 aromatic rings. The summed E-state index contributed by atoms with van der Waals surface area (Å²) < 4.78 is 0.963. The van der Waals surface area contributed by atoms with E-state index < -0.39 is 6.04 Å². The number of carbonyl (C=O) groups is 2. The smallest absolute Gasteiger partial charge is 0.242 e. The molecule has 1 fully saturated rings. The van der Waals surface area contributed by atoms with Crippen LogP contribution >= 0.6 is 15.9 Å². The number of halogens is 1. The largest absolute Gasteiger partial charge is 0.352 e. The predicted octanol–water partition coefficient (Wildman–Crippen LogP) is 4.86. The monoisotopic (exact) mass is 456 g/mol. The number of benzene rings is 2. The second-order valence-electron chi connectivity index (χ2n) is 7.83. The molecule has 1 aliphatic carbocycles. The van der Waals surface area contributed by atoms with Crippen molar-refractivity contribution in [2.45, 2.75) is 64.1 Å². The Morgan fingerprint density at radius 3 is 2.41 bits per heavy atom. The molecule has 1 N–H and O–H groups in total. The third-order valence-electron chi connectivity index (χ3n) is 5.56. The van der Waals surface area contributed by atoms with E-state index in [0.29, 0.717) is 6.54 Å². The van der Waals surface area contributed by atoms with Crippen molar-refractivity contribution in [1.82, 2.24) is 10.2 Å². The molecule has 0 spiro atoms. The zero-order valence-corrected chi connectivity index (χ0v) is 18.5. The van der Waals surface area contributed by atoms with Crippen molar-refractivity contribution in [2.24, 2.45) is 0 Å². The molecule has 5 heteroatoms. The molecule has 0 aromatic heterocycles. The van der Waals surface area contributed by atoms with E-state index in [1.165, 1.54) is 6.42 Å². The number of nitrogens with zero attached hydrogens (tertiary/aromatic N) is 1. The van der Waals surface area contributed by atoms with Crippen LogP contribution in [0.2, 0.25) is 0 Å². The van der Waals surface area contributed by atoms with E-state index in [4.69, 9.17) is 0 Å². The van der Waals surface area contributed by atoms with Gasteiger partial charge >= 0.3 is 0 Å². The van der Waals surface area contributed by atoms with Crippen molar-refractivity contribution < 1.29 is 9.59 Å². The molecule has 4 nitrogen and oxygen atoms in total. The van der Waals surface area contributed by atoms with Gasteiger partial charge in [0.2, 0.25) is 11.8 Å². The Morgan fingerprint density at radius 2 is 1.72 bits per heavy atom. The highest BCUT2D eigenvalue weighted by atomic mass is 79.9. The Hall–Kier alpha value is -2.14. The first-order valence-corrected chi connectivity index (χ1v) is 11.2. The molecule has 3 rings (SSSR count). The molecule has 0 aliphatic heterocycles. The van der Waals surface area contributed by atoms with Crippen molar-refractivity contribution in [2.75, 3.05) is 0 Å². The summed E-state index contributed by atoms with van der Waals surface area (Å²) in [5.41, 5.74) is 1.95. The lowest BCUT2D eigenvalue weighted by atomic mass is 9.95. The lowest BCUT2D eigenvalue weighted by Gasteiger charge is -2.31. The van der Waals surface area contributed by atoms with E-state index in [1.807, 2.05) is 61.5 Å². The average Bonchev–Trinajstić information content (AvgIpc) is 2.73. The molecule has 0 radical (unpaired) electrons. The maximum absolute atomic E-state index is 13.2. The van der Waals surface area contributed by atoms with Gasteiger partial charge in [-0.05, 0) is 43.0 Å². The van der Waals surface area contributed by atoms with Crippen LogP contribution in [0.3, 0.4) is 0 Å². The van der Waals surface area contributed by atoms with Crippen molar-refractivity contribution in [3.63, 3.8) is 0 Å². The summed E-state index contributed by atoms with van der Waals surface area (Å²) in [5, 5.41) is 3.17. The molecular formula is C24H29BrN2O2. The second-order valence-corrected chi connectivity index (χ2v) is 8.75. The maximum atomic E-state index is 13.2. The minimum Gasteiger partial charge on any atom is -0.352 e. The number of hydrogen-bond donors (Lipinski definition) is 1. The van der Waals surface area contributed by atoms with Crippen LogP contribution in [0.15, 0.2) is 59.1 Å². The van der Waals surface area contributed by atoms with Crippen molar-refractivity contribution >= 4 is 27.7 Å². The molecule has 2 amide bonds. The Kier molecular flexibility index (Phi) is 7.87. The van der Waals surface area contributed by atoms with Crippen LogP contribution in [-0.4, -0.2) is 28.8 Å². The van der Waals surface area contributed by atoms with E-state index in [2.05, 4.69) is 21.2 Å². The van der Waals surface area contributed by atoms with Gasteiger partial charge in [0, 0.05) is 17.1 Å². The summed E-state index contributed by atoms with van der Waals surface area (Å²) in [6.45, 7) is 2.24. The maximum Gasteiger partial charge on any atom is 0.242 e. The van der Waals surface area contributed by atoms with Gasteiger partial charge in [0.05, 0.1) is 6.42 Å². The number of carbonyl (C=O) groups excluding carboxylic acids is 2. The fraction of sp³-hybridized carbons (Fsp3) is 0.417. The summed E-state index contributed by atoms with van der Waals surface area (Å²) in [6, 6.07) is 17.3. The van der Waals surface area contributed by atoms with Gasteiger partial charge in [-0.2, -0.15) is 0 Å². The third-order valence-corrected chi connectivity index (χ3v) is 6.05. The zero-order chi connectivity index (χ0) is 20.6. The summed E-state index contributed by atoms with van der Waals surface area (Å²) in [5.74, 6) is -0.101. The summed E-state index contributed by atoms with van der Waals surface area (Å²) >= 11 is 3.49. The van der Waals surface area contributed by atoms with Crippen LogP contribution in [0.25, 0.3) is 0 Å². The molecule has 1 saturated carbocycles. The fourth-order valence-electron chi connectivity index (χ4n) is 3.86. The van der Waals surface area contributed by atoms with E-state index in [9.17, 15) is 9.59 Å². The molecule has 0 saturated heterocycles. The molecule has 1 atom stereocenters. The molecule has 29 heavy (non-hydrogen) atoms. The lowest BCUT2D eigenvalue weighted by Crippen LogP contribution is -2.50. The normalized spacial score (nSPS) is 15.5. The van der Waals surface area contributed by atoms with Crippen molar-refractivity contribution in [3.05, 3.63) is 70.2 Å². The van der Waals surface area contributed by atoms with Gasteiger partial charge in [-0.15, -0.1) is 0 Å². The minimum atomic E-state index is -0.521. The Balaban J connectivity index is 1.74. The van der Waals surface area contributed by atoms with E-state index in [-0.39, 0.29) is 24.3 Å². The first kappa shape index (κ1) is 21.6. The molecule has 0 bridgehead atoms. The summed E-state index contributed by atoms with van der Waals surface area (Å²) in [4.78, 5) is 27.8. The van der Waals surface area contributed by atoms with Crippen molar-refractivity contribution in [3.8, 4) is 0 Å². The fourth-order valence-corrected chi connectivity index (χ4v) is 4.30. The van der Waals surface area contributed by atoms with E-state index >= 15 is 0 Å². The Labute approximate surface area is 181 Å². The van der Waals surface area contributed by atoms with Gasteiger partial charge in [-0.3, -0.25) is 9.59 Å². The number of amides is 2. The Bertz CT molecular complexity index is 819. The molecule has 2 aromatic carbocycles. The van der Waals surface area contributed by atoms with Gasteiger partial charge in [-0.25, -0.2) is 0 Å². The van der Waals surface area contributed by atoms with E-state index in [1.54, 1.807) is 4.90 Å². The van der Waals surface area contributed by atoms with E-state index in [0.717, 1.165) is 41.3 Å². The summed E-state index contributed by atoms with van der Waals surface area (Å²) in [7, 11) is 0. The molecule has 0 heterocycles. The topological polar surface area (TPSA) is 49.4 Å². The average molecular weight is 457 g/mol. The van der Waals surface area contributed by atoms with Gasteiger partial charge in [0.25, 0.3) is 0 Å². The first-order valence-electron chi connectivity index (χ1n) is 10.4. The van der Waals surface area contributed by atoms with Crippen LogP contribution in [0.5, 0.6) is 0 Å². The highest BCUT2D eigenvalue weighted by Gasteiger charge is 2.28. The summed E-state index contributed by atoms with van der Waals surface area (Å²) in [6.07, 6.45) is 5.91. The van der Waals surface area contributed by atoms with Crippen LogP contribution in [-0.2, 0) is 22.6 Å². The second kappa shape index (κ2) is 10.6. The molecule has 0 unspecified atom stereocenters. The third kappa shape index (κ3) is 6.43. The minimum absolute atomic E-state index is 0.0394. The number of nitrogens with one attached hydrogen (secondary N) is 1. The van der Waals surface area contributed by atoms with Gasteiger partial charge in [0.15, 0.2) is 0 Å². The Morgan fingerprint density at radius 1 is 1.03 bits per heavy atom. The van der Waals surface area contributed by atoms with Crippen molar-refractivity contribution in [1.29, 1.82) is 0 Å². The molecule has 1 aliphatic rings. The number of rotatable bonds is 7. The van der Waals surface area contributed by atoms with Gasteiger partial charge in [0.1, 0.15) is 6.04 Å². The van der Waals surface area contributed by atoms with Crippen LogP contribution in [0.4, 0.5) is 0 Å². The predicted molar refractivity (Wildman–Crippen MR) is 119 cm³/mol. The quantitative estimate of drug-likeness (QED) is 0.646. The van der Waals surface area contributed by atoms with Gasteiger partial charge in [-0.1, -0.05) is 77.7 Å². The SMILES string of the molecule is C[C@H](C(=O)NC1CCCCC1)N(Cc1cccc(Br)c1)C(=O)Cc1ccccc1. The number of hydrogen-bond acceptors (Lipinski definition) is 2. The van der Waals surface area contributed by atoms with Crippen LogP contribution < -0.4 is 5.32 Å². The highest BCUT2D eigenvalue weighted by Crippen LogP contribution is 2.19.